The maximum absolute atomic E-state index is 12.3. The maximum Gasteiger partial charge on any atom is 0.266 e. The van der Waals surface area contributed by atoms with E-state index in [0.29, 0.717) is 25.0 Å². The summed E-state index contributed by atoms with van der Waals surface area (Å²) in [7, 11) is 0. The molecule has 3 heterocycles. The number of fused-ring (bicyclic) bond motifs is 2. The summed E-state index contributed by atoms with van der Waals surface area (Å²) in [6, 6.07) is 11.8. The van der Waals surface area contributed by atoms with Crippen molar-refractivity contribution in [2.75, 3.05) is 6.54 Å². The Balaban J connectivity index is 1.36. The predicted octanol–water partition coefficient (Wildman–Crippen LogP) is 2.34. The van der Waals surface area contributed by atoms with E-state index in [4.69, 9.17) is 0 Å². The molecule has 0 unspecified atom stereocenters. The first-order valence-electron chi connectivity index (χ1n) is 9.41. The van der Waals surface area contributed by atoms with E-state index < -0.39 is 0 Å². The van der Waals surface area contributed by atoms with Crippen molar-refractivity contribution >= 4 is 22.5 Å². The molecule has 0 saturated heterocycles. The second kappa shape index (κ2) is 7.34. The van der Waals surface area contributed by atoms with Crippen LogP contribution in [0.15, 0.2) is 47.4 Å². The van der Waals surface area contributed by atoms with Gasteiger partial charge in [0.2, 0.25) is 5.91 Å². The zero-order chi connectivity index (χ0) is 19.7. The molecule has 7 nitrogen and oxygen atoms in total. The lowest BCUT2D eigenvalue weighted by Gasteiger charge is -2.12. The third kappa shape index (κ3) is 3.43. The van der Waals surface area contributed by atoms with Gasteiger partial charge in [-0.15, -0.1) is 0 Å². The summed E-state index contributed by atoms with van der Waals surface area (Å²) < 4.78 is 3.82. The highest BCUT2D eigenvalue weighted by molar-refractivity contribution is 5.80. The molecule has 0 aliphatic rings. The zero-order valence-electron chi connectivity index (χ0n) is 16.0. The Kier molecular flexibility index (Phi) is 4.73. The van der Waals surface area contributed by atoms with Crippen molar-refractivity contribution < 1.29 is 4.79 Å². The first kappa shape index (κ1) is 18.0. The monoisotopic (exact) mass is 377 g/mol. The molecule has 2 N–H and O–H groups in total. The summed E-state index contributed by atoms with van der Waals surface area (Å²) in [5, 5.41) is 6.93. The van der Waals surface area contributed by atoms with E-state index >= 15 is 0 Å². The summed E-state index contributed by atoms with van der Waals surface area (Å²) in [4.78, 5) is 28.3. The van der Waals surface area contributed by atoms with Crippen LogP contribution in [0.3, 0.4) is 0 Å². The summed E-state index contributed by atoms with van der Waals surface area (Å²) >= 11 is 0. The molecular weight excluding hydrogens is 354 g/mol. The van der Waals surface area contributed by atoms with Crippen molar-refractivity contribution in [2.24, 2.45) is 0 Å². The standard InChI is InChI=1S/C21H23N5O2/c1-14-17(15(2)26-19(23-14)13-21(28)24-26)7-8-20(27)22-10-12-25-11-9-16-5-3-4-6-18(16)25/h3-6,9,11,13H,7-8,10,12H2,1-2H3,(H,22,27)(H,24,28). The van der Waals surface area contributed by atoms with Crippen LogP contribution in [0, 0.1) is 13.8 Å². The van der Waals surface area contributed by atoms with Gasteiger partial charge in [-0.05, 0) is 43.4 Å². The minimum atomic E-state index is -0.178. The lowest BCUT2D eigenvalue weighted by molar-refractivity contribution is -0.121. The van der Waals surface area contributed by atoms with Crippen LogP contribution >= 0.6 is 0 Å². The van der Waals surface area contributed by atoms with E-state index in [-0.39, 0.29) is 11.5 Å². The number of benzene rings is 1. The van der Waals surface area contributed by atoms with E-state index in [1.165, 1.54) is 17.0 Å². The van der Waals surface area contributed by atoms with Crippen molar-refractivity contribution in [1.29, 1.82) is 0 Å². The molecule has 0 bridgehead atoms. The maximum atomic E-state index is 12.3. The Bertz CT molecular complexity index is 1210. The van der Waals surface area contributed by atoms with Gasteiger partial charge in [0.1, 0.15) is 0 Å². The van der Waals surface area contributed by atoms with E-state index in [2.05, 4.69) is 38.2 Å². The molecule has 0 aliphatic carbocycles. The summed E-state index contributed by atoms with van der Waals surface area (Å²) in [6.45, 7) is 5.16. The van der Waals surface area contributed by atoms with Gasteiger partial charge in [-0.2, -0.15) is 0 Å². The van der Waals surface area contributed by atoms with Gasteiger partial charge in [-0.1, -0.05) is 18.2 Å². The Morgan fingerprint density at radius 2 is 2.04 bits per heavy atom. The summed E-state index contributed by atoms with van der Waals surface area (Å²) in [5.74, 6) is 0.0105. The number of aromatic amines is 1. The number of para-hydroxylation sites is 1. The Labute approximate surface area is 162 Å². The topological polar surface area (TPSA) is 84.2 Å². The number of carbonyl (C=O) groups is 1. The fraction of sp³-hybridized carbons (Fsp3) is 0.286. The second-order valence-electron chi connectivity index (χ2n) is 6.99. The quantitative estimate of drug-likeness (QED) is 0.541. The van der Waals surface area contributed by atoms with Gasteiger partial charge in [0.25, 0.3) is 5.56 Å². The number of amides is 1. The molecule has 0 atom stereocenters. The van der Waals surface area contributed by atoms with Gasteiger partial charge in [0, 0.05) is 48.7 Å². The van der Waals surface area contributed by atoms with Gasteiger partial charge in [-0.3, -0.25) is 14.7 Å². The molecule has 0 aliphatic heterocycles. The summed E-state index contributed by atoms with van der Waals surface area (Å²) in [6.07, 6.45) is 3.01. The first-order valence-corrected chi connectivity index (χ1v) is 9.41. The predicted molar refractivity (Wildman–Crippen MR) is 109 cm³/mol. The van der Waals surface area contributed by atoms with Crippen molar-refractivity contribution in [2.45, 2.75) is 33.2 Å². The van der Waals surface area contributed by atoms with Crippen molar-refractivity contribution in [3.8, 4) is 0 Å². The number of nitrogens with zero attached hydrogens (tertiary/aromatic N) is 3. The van der Waals surface area contributed by atoms with Crippen LogP contribution in [-0.4, -0.2) is 31.6 Å². The molecular formula is C21H23N5O2. The minimum Gasteiger partial charge on any atom is -0.354 e. The number of aryl methyl sites for hydroxylation is 2. The number of nitrogens with one attached hydrogen (secondary N) is 2. The zero-order valence-corrected chi connectivity index (χ0v) is 16.0. The molecule has 4 rings (SSSR count). The Hall–Kier alpha value is -3.35. The highest BCUT2D eigenvalue weighted by Gasteiger charge is 2.12. The number of hydrogen-bond donors (Lipinski definition) is 2. The Morgan fingerprint density at radius 3 is 2.89 bits per heavy atom. The third-order valence-electron chi connectivity index (χ3n) is 5.16. The lowest BCUT2D eigenvalue weighted by atomic mass is 10.1. The number of hydrogen-bond acceptors (Lipinski definition) is 3. The van der Waals surface area contributed by atoms with Crippen LogP contribution in [0.2, 0.25) is 0 Å². The van der Waals surface area contributed by atoms with Gasteiger partial charge >= 0.3 is 0 Å². The van der Waals surface area contributed by atoms with Crippen molar-refractivity contribution in [1.82, 2.24) is 24.5 Å². The molecule has 0 spiro atoms. The molecule has 0 radical (unpaired) electrons. The number of H-pyrrole nitrogens is 1. The number of rotatable bonds is 6. The third-order valence-corrected chi connectivity index (χ3v) is 5.16. The van der Waals surface area contributed by atoms with Gasteiger partial charge < -0.3 is 9.88 Å². The van der Waals surface area contributed by atoms with Crippen LogP contribution in [-0.2, 0) is 17.8 Å². The van der Waals surface area contributed by atoms with Crippen LogP contribution < -0.4 is 10.9 Å². The average molecular weight is 377 g/mol. The second-order valence-corrected chi connectivity index (χ2v) is 6.99. The van der Waals surface area contributed by atoms with E-state index in [1.54, 1.807) is 4.52 Å². The highest BCUT2D eigenvalue weighted by Crippen LogP contribution is 2.16. The molecule has 144 valence electrons. The van der Waals surface area contributed by atoms with Crippen molar-refractivity contribution in [3.05, 3.63) is 69.9 Å². The smallest absolute Gasteiger partial charge is 0.266 e. The molecule has 28 heavy (non-hydrogen) atoms. The van der Waals surface area contributed by atoms with E-state index in [1.807, 2.05) is 32.2 Å². The lowest BCUT2D eigenvalue weighted by Crippen LogP contribution is -2.27. The fourth-order valence-electron chi connectivity index (χ4n) is 3.70. The first-order chi connectivity index (χ1) is 13.5. The SMILES string of the molecule is Cc1nc2cc(=O)[nH]n2c(C)c1CCC(=O)NCCn1ccc2ccccc21. The molecule has 1 aromatic carbocycles. The normalized spacial score (nSPS) is 11.4. The van der Waals surface area contributed by atoms with Gasteiger partial charge in [-0.25, -0.2) is 9.50 Å². The molecule has 0 saturated carbocycles. The minimum absolute atomic E-state index is 0.0105. The molecule has 1 amide bonds. The Morgan fingerprint density at radius 1 is 1.21 bits per heavy atom. The summed E-state index contributed by atoms with van der Waals surface area (Å²) in [5.41, 5.74) is 4.35. The van der Waals surface area contributed by atoms with Crippen LogP contribution in [0.4, 0.5) is 0 Å². The van der Waals surface area contributed by atoms with Gasteiger partial charge in [0.15, 0.2) is 5.65 Å². The highest BCUT2D eigenvalue weighted by atomic mass is 16.1. The molecule has 3 aromatic heterocycles. The molecule has 7 heteroatoms. The fourth-order valence-corrected chi connectivity index (χ4v) is 3.70. The van der Waals surface area contributed by atoms with Crippen molar-refractivity contribution in [3.63, 3.8) is 0 Å². The molecule has 0 fully saturated rings. The average Bonchev–Trinajstić information content (AvgIpc) is 3.25. The van der Waals surface area contributed by atoms with Gasteiger partial charge in [0.05, 0.1) is 0 Å². The van der Waals surface area contributed by atoms with E-state index in [0.717, 1.165) is 23.5 Å². The van der Waals surface area contributed by atoms with E-state index in [9.17, 15) is 9.59 Å². The van der Waals surface area contributed by atoms with Crippen LogP contribution in [0.25, 0.3) is 16.6 Å². The molecule has 4 aromatic rings. The largest absolute Gasteiger partial charge is 0.354 e. The number of aromatic nitrogens is 4. The van der Waals surface area contributed by atoms with Crippen LogP contribution in [0.1, 0.15) is 23.4 Å². The number of carbonyl (C=O) groups excluding carboxylic acids is 1. The van der Waals surface area contributed by atoms with Crippen LogP contribution in [0.5, 0.6) is 0 Å².